The van der Waals surface area contributed by atoms with Crippen molar-refractivity contribution in [1.29, 1.82) is 0 Å². The summed E-state index contributed by atoms with van der Waals surface area (Å²) >= 11 is 0. The molecule has 0 unspecified atom stereocenters. The van der Waals surface area contributed by atoms with Gasteiger partial charge in [-0.1, -0.05) is 18.2 Å². The third-order valence-corrected chi connectivity index (χ3v) is 5.40. The third-order valence-electron chi connectivity index (χ3n) is 5.40. The Hall–Kier alpha value is -1.48. The third kappa shape index (κ3) is 1.22. The van der Waals surface area contributed by atoms with Crippen LogP contribution in [0.5, 0.6) is 0 Å². The molecule has 3 aliphatic heterocycles. The highest BCUT2D eigenvalue weighted by atomic mass is 15.2. The maximum absolute atomic E-state index is 6.44. The predicted octanol–water partition coefficient (Wildman–Crippen LogP) is 2.81. The first-order valence-corrected chi connectivity index (χ1v) is 7.45. The predicted molar refractivity (Wildman–Crippen MR) is 77.6 cm³/mol. The van der Waals surface area contributed by atoms with E-state index in [1.165, 1.54) is 48.2 Å². The van der Waals surface area contributed by atoms with E-state index in [0.717, 1.165) is 18.8 Å². The van der Waals surface area contributed by atoms with Gasteiger partial charge < -0.3 is 15.6 Å². The molecular weight excluding hydrogens is 234 g/mol. The van der Waals surface area contributed by atoms with Crippen LogP contribution < -0.4 is 10.6 Å². The first kappa shape index (κ1) is 10.3. The van der Waals surface area contributed by atoms with Crippen molar-refractivity contribution >= 4 is 16.7 Å². The summed E-state index contributed by atoms with van der Waals surface area (Å²) < 4.78 is 0. The number of hydrogen-bond donors (Lipinski definition) is 2. The molecule has 98 valence electrons. The van der Waals surface area contributed by atoms with Gasteiger partial charge in [-0.25, -0.2) is 0 Å². The number of fused-ring (bicyclic) bond motifs is 3. The van der Waals surface area contributed by atoms with Crippen LogP contribution in [0.1, 0.15) is 42.7 Å². The molecule has 2 aromatic rings. The van der Waals surface area contributed by atoms with E-state index in [4.69, 9.17) is 5.73 Å². The van der Waals surface area contributed by atoms with Gasteiger partial charge in [-0.2, -0.15) is 0 Å². The molecule has 0 spiro atoms. The zero-order valence-electron chi connectivity index (χ0n) is 11.1. The van der Waals surface area contributed by atoms with Gasteiger partial charge in [-0.05, 0) is 37.2 Å². The average molecular weight is 253 g/mol. The zero-order valence-corrected chi connectivity index (χ0v) is 11.1. The minimum Gasteiger partial charge on any atom is -0.358 e. The van der Waals surface area contributed by atoms with Crippen molar-refractivity contribution in [3.05, 3.63) is 29.3 Å². The molecular formula is C16H19N3. The van der Waals surface area contributed by atoms with E-state index in [0.29, 0.717) is 0 Å². The van der Waals surface area contributed by atoms with Crippen molar-refractivity contribution in [2.75, 3.05) is 18.0 Å². The number of aromatic amines is 1. The van der Waals surface area contributed by atoms with E-state index in [9.17, 15) is 0 Å². The molecule has 1 aliphatic carbocycles. The van der Waals surface area contributed by atoms with Gasteiger partial charge in [-0.15, -0.1) is 0 Å². The molecule has 0 atom stereocenters. The molecule has 6 rings (SSSR count). The molecule has 4 heterocycles. The lowest BCUT2D eigenvalue weighted by Gasteiger charge is -2.40. The van der Waals surface area contributed by atoms with Crippen LogP contribution in [0.2, 0.25) is 0 Å². The summed E-state index contributed by atoms with van der Waals surface area (Å²) in [6, 6.07) is 6.69. The van der Waals surface area contributed by atoms with E-state index in [-0.39, 0.29) is 5.54 Å². The number of H-pyrrole nitrogens is 1. The van der Waals surface area contributed by atoms with Crippen LogP contribution in [0, 0.1) is 0 Å². The Morgan fingerprint density at radius 2 is 2.00 bits per heavy atom. The molecule has 1 aromatic carbocycles. The molecule has 1 aromatic heterocycles. The van der Waals surface area contributed by atoms with Crippen LogP contribution >= 0.6 is 0 Å². The summed E-state index contributed by atoms with van der Waals surface area (Å²) in [6.07, 6.45) is 4.89. The molecule has 4 aliphatic rings. The minimum absolute atomic E-state index is 0.0542. The Labute approximate surface area is 112 Å². The second-order valence-corrected chi connectivity index (χ2v) is 6.53. The number of benzene rings is 1. The first-order valence-electron chi connectivity index (χ1n) is 7.45. The lowest BCUT2D eigenvalue weighted by Crippen LogP contribution is -2.38. The fourth-order valence-corrected chi connectivity index (χ4v) is 4.10. The second kappa shape index (κ2) is 3.15. The number of rotatable bonds is 1. The van der Waals surface area contributed by atoms with Crippen LogP contribution in [0.25, 0.3) is 10.9 Å². The van der Waals surface area contributed by atoms with Crippen LogP contribution in [0.4, 0.5) is 5.82 Å². The lowest BCUT2D eigenvalue weighted by atomic mass is 9.84. The highest BCUT2D eigenvalue weighted by Gasteiger charge is 2.42. The summed E-state index contributed by atoms with van der Waals surface area (Å²) in [5.41, 5.74) is 10.6. The number of anilines is 1. The van der Waals surface area contributed by atoms with Gasteiger partial charge in [0.05, 0.1) is 5.52 Å². The van der Waals surface area contributed by atoms with Gasteiger partial charge in [0.15, 0.2) is 0 Å². The molecule has 3 N–H and O–H groups in total. The first-order chi connectivity index (χ1) is 9.26. The number of piperidine rings is 1. The normalized spacial score (nSPS) is 23.9. The summed E-state index contributed by atoms with van der Waals surface area (Å²) in [4.78, 5) is 6.23. The summed E-state index contributed by atoms with van der Waals surface area (Å²) in [5.74, 6) is 2.14. The number of nitrogens with two attached hydrogens (primary N) is 1. The van der Waals surface area contributed by atoms with Crippen LogP contribution in [0.15, 0.2) is 18.2 Å². The number of para-hydroxylation sites is 1. The molecule has 3 nitrogen and oxygen atoms in total. The Morgan fingerprint density at radius 3 is 2.74 bits per heavy atom. The quantitative estimate of drug-likeness (QED) is 0.821. The lowest BCUT2D eigenvalue weighted by molar-refractivity contribution is 0.475. The Balaban J connectivity index is 1.84. The van der Waals surface area contributed by atoms with E-state index in [1.54, 1.807) is 5.56 Å². The molecule has 0 radical (unpaired) electrons. The molecule has 1 saturated carbocycles. The van der Waals surface area contributed by atoms with Crippen molar-refractivity contribution in [1.82, 2.24) is 4.98 Å². The Morgan fingerprint density at radius 1 is 1.21 bits per heavy atom. The Kier molecular flexibility index (Phi) is 1.71. The van der Waals surface area contributed by atoms with Crippen LogP contribution in [-0.4, -0.2) is 18.1 Å². The van der Waals surface area contributed by atoms with E-state index >= 15 is 0 Å². The van der Waals surface area contributed by atoms with Crippen LogP contribution in [0.3, 0.4) is 0 Å². The van der Waals surface area contributed by atoms with Gasteiger partial charge in [-0.3, -0.25) is 0 Å². The topological polar surface area (TPSA) is 45.1 Å². The summed E-state index contributed by atoms with van der Waals surface area (Å²) in [5, 5.41) is 1.43. The van der Waals surface area contributed by atoms with E-state index < -0.39 is 0 Å². The number of aromatic nitrogens is 1. The fourth-order valence-electron chi connectivity index (χ4n) is 4.10. The summed E-state index contributed by atoms with van der Waals surface area (Å²) in [7, 11) is 0. The van der Waals surface area contributed by atoms with E-state index in [1.807, 2.05) is 0 Å². The maximum atomic E-state index is 6.44. The molecule has 2 bridgehead atoms. The molecule has 0 amide bonds. The standard InChI is InChI=1S/C16H19N3/c17-16(6-7-16)12-3-1-2-11-13-10-4-8-19(9-5-10)15(13)18-14(11)12/h1-3,10,18H,4-9,17H2. The highest BCUT2D eigenvalue weighted by molar-refractivity contribution is 5.93. The molecule has 3 heteroatoms. The fraction of sp³-hybridized carbons (Fsp3) is 0.500. The number of nitrogens with zero attached hydrogens (tertiary/aromatic N) is 1. The van der Waals surface area contributed by atoms with Crippen LogP contribution in [-0.2, 0) is 5.54 Å². The molecule has 1 saturated heterocycles. The van der Waals surface area contributed by atoms with Gasteiger partial charge in [0, 0.05) is 29.6 Å². The highest BCUT2D eigenvalue weighted by Crippen LogP contribution is 2.50. The zero-order chi connectivity index (χ0) is 12.6. The molecule has 19 heavy (non-hydrogen) atoms. The average Bonchev–Trinajstić information content (AvgIpc) is 3.06. The van der Waals surface area contributed by atoms with Gasteiger partial charge >= 0.3 is 0 Å². The second-order valence-electron chi connectivity index (χ2n) is 6.53. The number of hydrogen-bond acceptors (Lipinski definition) is 2. The van der Waals surface area contributed by atoms with Crippen molar-refractivity contribution < 1.29 is 0 Å². The minimum atomic E-state index is -0.0542. The van der Waals surface area contributed by atoms with Gasteiger partial charge in [0.1, 0.15) is 5.82 Å². The van der Waals surface area contributed by atoms with Crippen molar-refractivity contribution in [3.8, 4) is 0 Å². The Bertz CT molecular complexity index is 673. The van der Waals surface area contributed by atoms with Gasteiger partial charge in [0.2, 0.25) is 0 Å². The van der Waals surface area contributed by atoms with Crippen molar-refractivity contribution in [2.45, 2.75) is 37.1 Å². The van der Waals surface area contributed by atoms with Gasteiger partial charge in [0.25, 0.3) is 0 Å². The smallest absolute Gasteiger partial charge is 0.110 e. The van der Waals surface area contributed by atoms with Crippen molar-refractivity contribution in [2.24, 2.45) is 5.73 Å². The maximum Gasteiger partial charge on any atom is 0.110 e. The monoisotopic (exact) mass is 253 g/mol. The number of nitrogens with one attached hydrogen (secondary N) is 1. The molecule has 2 fully saturated rings. The van der Waals surface area contributed by atoms with Crippen molar-refractivity contribution in [3.63, 3.8) is 0 Å². The van der Waals surface area contributed by atoms with E-state index in [2.05, 4.69) is 28.1 Å². The SMILES string of the molecule is NC1(c2cccc3c4c([nH]c23)N2CCC4CC2)CC1. The summed E-state index contributed by atoms with van der Waals surface area (Å²) in [6.45, 7) is 2.43. The largest absolute Gasteiger partial charge is 0.358 e.